The van der Waals surface area contributed by atoms with E-state index in [0.717, 1.165) is 12.8 Å². The Labute approximate surface area is 147 Å². The summed E-state index contributed by atoms with van der Waals surface area (Å²) in [6.45, 7) is 13.8. The molecule has 0 amide bonds. The van der Waals surface area contributed by atoms with Crippen LogP contribution < -0.4 is 0 Å². The molecule has 0 aliphatic heterocycles. The first-order valence-corrected chi connectivity index (χ1v) is 7.19. The van der Waals surface area contributed by atoms with Gasteiger partial charge in [0.1, 0.15) is 0 Å². The van der Waals surface area contributed by atoms with Crippen molar-refractivity contribution in [3.8, 4) is 0 Å². The Kier molecular flexibility index (Phi) is 18.8. The molecule has 2 N–H and O–H groups in total. The minimum atomic E-state index is -1.27. The van der Waals surface area contributed by atoms with Crippen LogP contribution in [0.4, 0.5) is 0 Å². The normalized spacial score (nSPS) is 8.28. The summed E-state index contributed by atoms with van der Waals surface area (Å²) in [7, 11) is 1.33. The number of carboxylic acid groups (broad SMARTS) is 2. The van der Waals surface area contributed by atoms with Crippen molar-refractivity contribution < 1.29 is 38.9 Å². The number of carbonyl (C=O) groups is 4. The number of hydrogen-bond acceptors (Lipinski definition) is 6. The van der Waals surface area contributed by atoms with E-state index in [4.69, 9.17) is 10.2 Å². The lowest BCUT2D eigenvalue weighted by Gasteiger charge is -1.97. The fourth-order valence-electron chi connectivity index (χ4n) is 0.808. The van der Waals surface area contributed by atoms with Crippen LogP contribution in [-0.2, 0) is 28.7 Å². The van der Waals surface area contributed by atoms with Gasteiger partial charge in [0, 0.05) is 17.2 Å². The molecule has 0 bridgehead atoms. The maximum atomic E-state index is 10.3. The predicted molar refractivity (Wildman–Crippen MR) is 91.9 cm³/mol. The maximum Gasteiger partial charge on any atom is 0.332 e. The number of methoxy groups -OCH3 is 1. The number of hydrogen-bond donors (Lipinski definition) is 2. The van der Waals surface area contributed by atoms with Gasteiger partial charge in [0.25, 0.3) is 0 Å². The smallest absolute Gasteiger partial charge is 0.332 e. The lowest BCUT2D eigenvalue weighted by molar-refractivity contribution is -0.139. The van der Waals surface area contributed by atoms with E-state index in [1.165, 1.54) is 13.2 Å². The molecule has 0 atom stereocenters. The maximum absolute atomic E-state index is 10.3. The molecule has 0 radical (unpaired) electrons. The van der Waals surface area contributed by atoms with Gasteiger partial charge in [0.2, 0.25) is 0 Å². The van der Waals surface area contributed by atoms with Crippen LogP contribution in [0.15, 0.2) is 37.0 Å². The van der Waals surface area contributed by atoms with Gasteiger partial charge in [-0.15, -0.1) is 0 Å². The van der Waals surface area contributed by atoms with E-state index in [2.05, 4.69) is 29.2 Å². The summed E-state index contributed by atoms with van der Waals surface area (Å²) in [4.78, 5) is 40.2. The average molecular weight is 358 g/mol. The summed E-state index contributed by atoms with van der Waals surface area (Å²) in [6.07, 6.45) is 2.65. The molecule has 0 rings (SSSR count). The van der Waals surface area contributed by atoms with Crippen LogP contribution >= 0.6 is 0 Å². The Balaban J connectivity index is -0.000000293. The zero-order chi connectivity index (χ0) is 20.4. The van der Waals surface area contributed by atoms with Gasteiger partial charge in [-0.05, 0) is 13.3 Å². The van der Waals surface area contributed by atoms with Crippen molar-refractivity contribution in [3.05, 3.63) is 37.0 Å². The van der Waals surface area contributed by atoms with Gasteiger partial charge in [-0.25, -0.2) is 14.4 Å². The highest BCUT2D eigenvalue weighted by molar-refractivity contribution is 5.91. The first kappa shape index (κ1) is 27.0. The molecule has 0 spiro atoms. The van der Waals surface area contributed by atoms with Gasteiger partial charge in [0.15, 0.2) is 0 Å². The van der Waals surface area contributed by atoms with E-state index in [9.17, 15) is 19.2 Å². The molecule has 0 fully saturated rings. The Morgan fingerprint density at radius 3 is 1.84 bits per heavy atom. The Morgan fingerprint density at radius 1 is 1.12 bits per heavy atom. The molecule has 0 heterocycles. The second kappa shape index (κ2) is 17.5. The highest BCUT2D eigenvalue weighted by Crippen LogP contribution is 1.95. The van der Waals surface area contributed by atoms with Crippen LogP contribution in [0.5, 0.6) is 0 Å². The third-order valence-electron chi connectivity index (χ3n) is 2.11. The van der Waals surface area contributed by atoms with Gasteiger partial charge in [0.05, 0.1) is 20.1 Å². The van der Waals surface area contributed by atoms with Crippen molar-refractivity contribution in [2.75, 3.05) is 13.7 Å². The van der Waals surface area contributed by atoms with E-state index in [1.807, 2.05) is 6.92 Å². The van der Waals surface area contributed by atoms with Gasteiger partial charge in [-0.3, -0.25) is 4.79 Å². The summed E-state index contributed by atoms with van der Waals surface area (Å²) in [5.41, 5.74) is 0.130. The lowest BCUT2D eigenvalue weighted by atomic mass is 10.2. The van der Waals surface area contributed by atoms with E-state index >= 15 is 0 Å². The summed E-state index contributed by atoms with van der Waals surface area (Å²) < 4.78 is 8.95. The fraction of sp³-hybridized carbons (Fsp3) is 0.412. The van der Waals surface area contributed by atoms with Crippen LogP contribution in [0.2, 0.25) is 0 Å². The highest BCUT2D eigenvalue weighted by Gasteiger charge is 2.07. The molecule has 0 aromatic rings. The van der Waals surface area contributed by atoms with Crippen LogP contribution in [-0.4, -0.2) is 47.8 Å². The standard InChI is InChI=1S/C7H12O2.C5H6O4.C5H8O2/c1-3-5-6-9-7(8)4-2;1-3(5(8)9)2-4(6)7;1-4(2)5(6)7-3/h4H,2-3,5-6H2,1H3;1-2H2,(H,6,7)(H,8,9);1H2,2-3H3. The molecule has 0 aliphatic rings. The van der Waals surface area contributed by atoms with Crippen molar-refractivity contribution in [1.82, 2.24) is 0 Å². The SMILES string of the molecule is C=C(C)C(=O)OC.C=C(CC(=O)O)C(=O)O.C=CC(=O)OCCCC. The third kappa shape index (κ3) is 23.5. The van der Waals surface area contributed by atoms with Gasteiger partial charge >= 0.3 is 23.9 Å². The minimum absolute atomic E-state index is 0.303. The second-order valence-corrected chi connectivity index (χ2v) is 4.48. The van der Waals surface area contributed by atoms with Crippen molar-refractivity contribution in [1.29, 1.82) is 0 Å². The first-order valence-electron chi connectivity index (χ1n) is 7.19. The van der Waals surface area contributed by atoms with Crippen molar-refractivity contribution in [2.24, 2.45) is 0 Å². The van der Waals surface area contributed by atoms with Crippen LogP contribution in [0.1, 0.15) is 33.1 Å². The van der Waals surface area contributed by atoms with E-state index in [-0.39, 0.29) is 17.5 Å². The molecular weight excluding hydrogens is 332 g/mol. The second-order valence-electron chi connectivity index (χ2n) is 4.48. The molecular formula is C17H26O8. The molecule has 0 unspecified atom stereocenters. The molecule has 8 heteroatoms. The van der Waals surface area contributed by atoms with Gasteiger partial charge in [-0.2, -0.15) is 0 Å². The summed E-state index contributed by atoms with van der Waals surface area (Å²) in [5.74, 6) is -3.12. The molecule has 0 aliphatic carbocycles. The zero-order valence-corrected chi connectivity index (χ0v) is 14.9. The van der Waals surface area contributed by atoms with Crippen molar-refractivity contribution >= 4 is 23.9 Å². The third-order valence-corrected chi connectivity index (χ3v) is 2.11. The highest BCUT2D eigenvalue weighted by atomic mass is 16.5. The average Bonchev–Trinajstić information content (AvgIpc) is 2.54. The Morgan fingerprint density at radius 2 is 1.64 bits per heavy atom. The quantitative estimate of drug-likeness (QED) is 0.384. The van der Waals surface area contributed by atoms with Crippen LogP contribution in [0.25, 0.3) is 0 Å². The number of unbranched alkanes of at least 4 members (excludes halogenated alkanes) is 1. The van der Waals surface area contributed by atoms with Crippen molar-refractivity contribution in [2.45, 2.75) is 33.1 Å². The molecule has 142 valence electrons. The first-order chi connectivity index (χ1) is 11.5. The van der Waals surface area contributed by atoms with Gasteiger partial charge in [-0.1, -0.05) is 33.1 Å². The monoisotopic (exact) mass is 358 g/mol. The summed E-state index contributed by atoms with van der Waals surface area (Å²) in [6, 6.07) is 0. The molecule has 0 aromatic carbocycles. The fourth-order valence-corrected chi connectivity index (χ4v) is 0.808. The Bertz CT molecular complexity index is 491. The number of rotatable bonds is 8. The summed E-state index contributed by atoms with van der Waals surface area (Å²) in [5, 5.41) is 16.1. The molecule has 25 heavy (non-hydrogen) atoms. The molecule has 8 nitrogen and oxygen atoms in total. The number of ether oxygens (including phenoxy) is 2. The predicted octanol–water partition coefficient (Wildman–Crippen LogP) is 2.35. The van der Waals surface area contributed by atoms with E-state index in [0.29, 0.717) is 12.2 Å². The lowest BCUT2D eigenvalue weighted by Crippen LogP contribution is -2.04. The van der Waals surface area contributed by atoms with Crippen molar-refractivity contribution in [3.63, 3.8) is 0 Å². The van der Waals surface area contributed by atoms with Crippen LogP contribution in [0, 0.1) is 0 Å². The largest absolute Gasteiger partial charge is 0.481 e. The van der Waals surface area contributed by atoms with Crippen LogP contribution in [0.3, 0.4) is 0 Å². The molecule has 0 aromatic heterocycles. The van der Waals surface area contributed by atoms with E-state index in [1.54, 1.807) is 6.92 Å². The molecule has 0 saturated carbocycles. The Hall–Kier alpha value is -2.90. The zero-order valence-electron chi connectivity index (χ0n) is 14.9. The topological polar surface area (TPSA) is 127 Å². The van der Waals surface area contributed by atoms with E-state index < -0.39 is 18.4 Å². The number of carboxylic acids is 2. The number of carbonyl (C=O) groups excluding carboxylic acids is 2. The molecule has 0 saturated heterocycles. The summed E-state index contributed by atoms with van der Waals surface area (Å²) >= 11 is 0. The number of aliphatic carboxylic acids is 2. The minimum Gasteiger partial charge on any atom is -0.481 e. The van der Waals surface area contributed by atoms with Gasteiger partial charge < -0.3 is 19.7 Å². The number of esters is 2.